The zero-order chi connectivity index (χ0) is 18.7. The zero-order valence-corrected chi connectivity index (χ0v) is 15.4. The van der Waals surface area contributed by atoms with E-state index >= 15 is 0 Å². The van der Waals surface area contributed by atoms with E-state index in [0.29, 0.717) is 6.42 Å². The largest absolute Gasteiger partial charge is 0.481 e. The van der Waals surface area contributed by atoms with Crippen molar-refractivity contribution in [2.45, 2.75) is 89.8 Å². The average Bonchev–Trinajstić information content (AvgIpc) is 2.82. The molecule has 0 amide bonds. The second-order valence-corrected chi connectivity index (χ2v) is 7.22. The van der Waals surface area contributed by atoms with Crippen molar-refractivity contribution >= 4 is 11.8 Å². The monoisotopic (exact) mass is 354 g/mol. The van der Waals surface area contributed by atoms with Crippen LogP contribution in [0, 0.1) is 11.8 Å². The van der Waals surface area contributed by atoms with Crippen LogP contribution >= 0.6 is 0 Å². The molecular formula is C20H34O5. The van der Waals surface area contributed by atoms with Crippen LogP contribution in [0.15, 0.2) is 12.2 Å². The van der Waals surface area contributed by atoms with Gasteiger partial charge in [-0.05, 0) is 19.3 Å². The SMILES string of the molecule is CCCCCC(O)C=C[C@H]1C(O)CC(=O)[C@@H]1CCCCCCC(=O)O. The first-order valence-corrected chi connectivity index (χ1v) is 9.74. The Hall–Kier alpha value is -1.20. The lowest BCUT2D eigenvalue weighted by Gasteiger charge is -2.18. The third kappa shape index (κ3) is 8.63. The van der Waals surface area contributed by atoms with Crippen LogP contribution in [0.2, 0.25) is 0 Å². The van der Waals surface area contributed by atoms with Gasteiger partial charge in [-0.2, -0.15) is 0 Å². The van der Waals surface area contributed by atoms with Crippen molar-refractivity contribution in [3.63, 3.8) is 0 Å². The molecule has 3 N–H and O–H groups in total. The van der Waals surface area contributed by atoms with Gasteiger partial charge in [-0.1, -0.05) is 57.6 Å². The van der Waals surface area contributed by atoms with Crippen LogP contribution in [0.1, 0.15) is 77.6 Å². The van der Waals surface area contributed by atoms with Gasteiger partial charge in [0, 0.05) is 24.7 Å². The van der Waals surface area contributed by atoms with E-state index in [1.54, 1.807) is 6.08 Å². The van der Waals surface area contributed by atoms with E-state index in [2.05, 4.69) is 6.92 Å². The third-order valence-electron chi connectivity index (χ3n) is 5.05. The minimum atomic E-state index is -0.767. The lowest BCUT2D eigenvalue weighted by atomic mass is 9.88. The summed E-state index contributed by atoms with van der Waals surface area (Å²) >= 11 is 0. The number of rotatable bonds is 13. The van der Waals surface area contributed by atoms with Gasteiger partial charge in [-0.15, -0.1) is 0 Å². The molecule has 0 saturated heterocycles. The first kappa shape index (κ1) is 21.8. The molecule has 0 aromatic carbocycles. The summed E-state index contributed by atoms with van der Waals surface area (Å²) in [6, 6.07) is 0. The maximum Gasteiger partial charge on any atom is 0.303 e. The van der Waals surface area contributed by atoms with E-state index < -0.39 is 18.2 Å². The lowest BCUT2D eigenvalue weighted by Crippen LogP contribution is -2.19. The summed E-state index contributed by atoms with van der Waals surface area (Å²) in [6.45, 7) is 2.12. The Kier molecular flexibility index (Phi) is 10.7. The van der Waals surface area contributed by atoms with Gasteiger partial charge in [0.05, 0.1) is 12.2 Å². The van der Waals surface area contributed by atoms with Crippen LogP contribution in [0.25, 0.3) is 0 Å². The number of ketones is 1. The molecule has 1 saturated carbocycles. The first-order chi connectivity index (χ1) is 12.0. The summed E-state index contributed by atoms with van der Waals surface area (Å²) in [6.07, 6.45) is 10.7. The summed E-state index contributed by atoms with van der Waals surface area (Å²) < 4.78 is 0. The number of aliphatic carboxylic acids is 1. The van der Waals surface area contributed by atoms with Crippen molar-refractivity contribution < 1.29 is 24.9 Å². The van der Waals surface area contributed by atoms with Crippen molar-refractivity contribution in [1.82, 2.24) is 0 Å². The Labute approximate surface area is 151 Å². The molecule has 144 valence electrons. The number of aliphatic hydroxyl groups is 2. The molecule has 0 aromatic heterocycles. The highest BCUT2D eigenvalue weighted by Crippen LogP contribution is 2.34. The molecule has 1 rings (SSSR count). The first-order valence-electron chi connectivity index (χ1n) is 9.74. The Bertz CT molecular complexity index is 432. The zero-order valence-electron chi connectivity index (χ0n) is 15.4. The Morgan fingerprint density at radius 3 is 2.60 bits per heavy atom. The quantitative estimate of drug-likeness (QED) is 0.348. The Balaban J connectivity index is 2.39. The van der Waals surface area contributed by atoms with Crippen LogP contribution in [0.3, 0.4) is 0 Å². The van der Waals surface area contributed by atoms with E-state index in [-0.39, 0.29) is 30.5 Å². The number of hydrogen-bond acceptors (Lipinski definition) is 4. The topological polar surface area (TPSA) is 94.8 Å². The molecule has 4 atom stereocenters. The second-order valence-electron chi connectivity index (χ2n) is 7.22. The second kappa shape index (κ2) is 12.2. The molecule has 0 spiro atoms. The van der Waals surface area contributed by atoms with Crippen molar-refractivity contribution in [2.24, 2.45) is 11.8 Å². The summed E-state index contributed by atoms with van der Waals surface area (Å²) in [7, 11) is 0. The normalized spacial score (nSPS) is 24.9. The molecule has 2 unspecified atom stereocenters. The fraction of sp³-hybridized carbons (Fsp3) is 0.800. The molecule has 1 fully saturated rings. The molecule has 5 heteroatoms. The predicted molar refractivity (Wildman–Crippen MR) is 97.2 cm³/mol. The van der Waals surface area contributed by atoms with Crippen LogP contribution in [0.4, 0.5) is 0 Å². The summed E-state index contributed by atoms with van der Waals surface area (Å²) in [5.41, 5.74) is 0. The Morgan fingerprint density at radius 1 is 1.20 bits per heavy atom. The number of carbonyl (C=O) groups excluding carboxylic acids is 1. The van der Waals surface area contributed by atoms with Gasteiger partial charge >= 0.3 is 5.97 Å². The predicted octanol–water partition coefficient (Wildman–Crippen LogP) is 3.48. The van der Waals surface area contributed by atoms with E-state index in [0.717, 1.165) is 51.4 Å². The standard InChI is InChI=1S/C20H34O5/c1-2-3-6-9-15(21)12-13-17-16(18(22)14-19(17)23)10-7-4-5-8-11-20(24)25/h12-13,15-17,19,21,23H,2-11,14H2,1H3,(H,24,25)/t15?,16-,17-,19?/m1/s1. The molecule has 0 heterocycles. The molecule has 25 heavy (non-hydrogen) atoms. The minimum absolute atomic E-state index is 0.105. The number of carboxylic acids is 1. The number of carbonyl (C=O) groups is 2. The minimum Gasteiger partial charge on any atom is -0.481 e. The number of carboxylic acid groups (broad SMARTS) is 1. The number of unbranched alkanes of at least 4 members (excludes halogenated alkanes) is 5. The highest BCUT2D eigenvalue weighted by molar-refractivity contribution is 5.84. The molecule has 0 bridgehead atoms. The van der Waals surface area contributed by atoms with Crippen LogP contribution in [-0.4, -0.2) is 39.3 Å². The summed E-state index contributed by atoms with van der Waals surface area (Å²) in [5.74, 6) is -1.04. The Morgan fingerprint density at radius 2 is 1.92 bits per heavy atom. The molecule has 5 nitrogen and oxygen atoms in total. The summed E-state index contributed by atoms with van der Waals surface area (Å²) in [5, 5.41) is 28.7. The molecule has 0 aromatic rings. The van der Waals surface area contributed by atoms with Gasteiger partial charge in [0.1, 0.15) is 5.78 Å². The van der Waals surface area contributed by atoms with Gasteiger partial charge < -0.3 is 15.3 Å². The molecule has 0 radical (unpaired) electrons. The van der Waals surface area contributed by atoms with Crippen LogP contribution < -0.4 is 0 Å². The number of aliphatic hydroxyl groups excluding tert-OH is 2. The van der Waals surface area contributed by atoms with Crippen molar-refractivity contribution in [1.29, 1.82) is 0 Å². The smallest absolute Gasteiger partial charge is 0.303 e. The fourth-order valence-electron chi connectivity index (χ4n) is 3.54. The molecular weight excluding hydrogens is 320 g/mol. The van der Waals surface area contributed by atoms with Crippen LogP contribution in [0.5, 0.6) is 0 Å². The molecule has 0 aliphatic heterocycles. The maximum atomic E-state index is 12.1. The van der Waals surface area contributed by atoms with Gasteiger partial charge in [0.25, 0.3) is 0 Å². The van der Waals surface area contributed by atoms with Crippen molar-refractivity contribution in [3.05, 3.63) is 12.2 Å². The van der Waals surface area contributed by atoms with Crippen molar-refractivity contribution in [2.75, 3.05) is 0 Å². The van der Waals surface area contributed by atoms with E-state index in [9.17, 15) is 19.8 Å². The maximum absolute atomic E-state index is 12.1. The van der Waals surface area contributed by atoms with Gasteiger partial charge in [-0.3, -0.25) is 9.59 Å². The van der Waals surface area contributed by atoms with Gasteiger partial charge in [-0.25, -0.2) is 0 Å². The number of Topliss-reactive ketones (excluding diaryl/α,β-unsaturated/α-hetero) is 1. The molecule has 1 aliphatic carbocycles. The van der Waals surface area contributed by atoms with E-state index in [1.807, 2.05) is 6.08 Å². The van der Waals surface area contributed by atoms with Crippen LogP contribution in [-0.2, 0) is 9.59 Å². The molecule has 1 aliphatic rings. The fourth-order valence-corrected chi connectivity index (χ4v) is 3.54. The highest BCUT2D eigenvalue weighted by atomic mass is 16.4. The summed E-state index contributed by atoms with van der Waals surface area (Å²) in [4.78, 5) is 22.6. The van der Waals surface area contributed by atoms with Crippen molar-refractivity contribution in [3.8, 4) is 0 Å². The van der Waals surface area contributed by atoms with E-state index in [4.69, 9.17) is 5.11 Å². The number of hydrogen-bond donors (Lipinski definition) is 3. The third-order valence-corrected chi connectivity index (χ3v) is 5.05. The van der Waals surface area contributed by atoms with Gasteiger partial charge in [0.15, 0.2) is 0 Å². The van der Waals surface area contributed by atoms with E-state index in [1.165, 1.54) is 0 Å². The highest BCUT2D eigenvalue weighted by Gasteiger charge is 2.39. The average molecular weight is 354 g/mol. The lowest BCUT2D eigenvalue weighted by molar-refractivity contribution is -0.137. The van der Waals surface area contributed by atoms with Gasteiger partial charge in [0.2, 0.25) is 0 Å².